The molecule has 0 fully saturated rings. The molecule has 1 heterocycles. The fourth-order valence-electron chi connectivity index (χ4n) is 3.12. The molecule has 9 nitrogen and oxygen atoms in total. The lowest BCUT2D eigenvalue weighted by Gasteiger charge is -2.07. The molecule has 3 rings (SSSR count). The van der Waals surface area contributed by atoms with Crippen molar-refractivity contribution >= 4 is 40.3 Å². The fourth-order valence-corrected chi connectivity index (χ4v) is 4.39. The van der Waals surface area contributed by atoms with Crippen molar-refractivity contribution in [3.8, 4) is 11.5 Å². The highest BCUT2D eigenvalue weighted by Gasteiger charge is 2.29. The molecule has 1 aliphatic rings. The zero-order chi connectivity index (χ0) is 21.7. The molecule has 2 amide bonds. The molecule has 2 aromatic rings. The Hall–Kier alpha value is -3.40. The molecule has 10 heteroatoms. The summed E-state index contributed by atoms with van der Waals surface area (Å²) < 4.78 is 15.2. The topological polar surface area (TPSA) is 115 Å². The molecular formula is C20H21N3O6S. The number of carbonyl (C=O) groups is 3. The van der Waals surface area contributed by atoms with Crippen LogP contribution in [0.5, 0.6) is 11.5 Å². The van der Waals surface area contributed by atoms with E-state index in [2.05, 4.69) is 15.8 Å². The summed E-state index contributed by atoms with van der Waals surface area (Å²) >= 11 is 1.29. The predicted molar refractivity (Wildman–Crippen MR) is 112 cm³/mol. The van der Waals surface area contributed by atoms with Crippen LogP contribution >= 0.6 is 11.3 Å². The number of nitrogens with one attached hydrogen (secondary N) is 2. The van der Waals surface area contributed by atoms with E-state index in [1.165, 1.54) is 38.9 Å². The second-order valence-corrected chi connectivity index (χ2v) is 7.42. The largest absolute Gasteiger partial charge is 0.497 e. The van der Waals surface area contributed by atoms with Crippen LogP contribution in [0.3, 0.4) is 0 Å². The standard InChI is InChI=1S/C20H21N3O6S/c1-27-12-7-8-14(28-2)11(9-12)10-21-23-18(25)17(24)22-19-16(20(26)29-3)13-5-4-6-15(13)30-19/h7-10H,4-6H2,1-3H3,(H,22,24)(H,23,25)/b21-10-. The van der Waals surface area contributed by atoms with Crippen LogP contribution < -0.4 is 20.2 Å². The highest BCUT2D eigenvalue weighted by Crippen LogP contribution is 2.39. The third-order valence-electron chi connectivity index (χ3n) is 4.55. The number of rotatable bonds is 6. The predicted octanol–water partition coefficient (Wildman–Crippen LogP) is 2.13. The Morgan fingerprint density at radius 1 is 1.10 bits per heavy atom. The van der Waals surface area contributed by atoms with Crippen LogP contribution in [0.25, 0.3) is 0 Å². The molecule has 0 saturated heterocycles. The molecule has 0 spiro atoms. The maximum Gasteiger partial charge on any atom is 0.341 e. The summed E-state index contributed by atoms with van der Waals surface area (Å²) in [6.45, 7) is 0. The van der Waals surface area contributed by atoms with Gasteiger partial charge in [-0.3, -0.25) is 9.59 Å². The van der Waals surface area contributed by atoms with E-state index < -0.39 is 17.8 Å². The molecule has 1 aliphatic carbocycles. The Labute approximate surface area is 177 Å². The maximum absolute atomic E-state index is 12.3. The number of hydrogen-bond donors (Lipinski definition) is 2. The van der Waals surface area contributed by atoms with Gasteiger partial charge in [0.05, 0.1) is 33.1 Å². The summed E-state index contributed by atoms with van der Waals surface area (Å²) in [5.41, 5.74) is 3.92. The van der Waals surface area contributed by atoms with Crippen LogP contribution in [0.1, 0.15) is 32.8 Å². The van der Waals surface area contributed by atoms with E-state index in [9.17, 15) is 14.4 Å². The van der Waals surface area contributed by atoms with E-state index in [-0.39, 0.29) is 0 Å². The number of methoxy groups -OCH3 is 3. The van der Waals surface area contributed by atoms with Gasteiger partial charge in [-0.1, -0.05) is 0 Å². The quantitative estimate of drug-likeness (QED) is 0.313. The van der Waals surface area contributed by atoms with Crippen molar-refractivity contribution in [1.29, 1.82) is 0 Å². The fraction of sp³-hybridized carbons (Fsp3) is 0.300. The number of anilines is 1. The van der Waals surface area contributed by atoms with Crippen molar-refractivity contribution in [1.82, 2.24) is 5.43 Å². The Balaban J connectivity index is 1.69. The Morgan fingerprint density at radius 3 is 2.60 bits per heavy atom. The zero-order valence-electron chi connectivity index (χ0n) is 16.7. The first kappa shape index (κ1) is 21.3. The Kier molecular flexibility index (Phi) is 6.68. The van der Waals surface area contributed by atoms with Crippen LogP contribution in [0.4, 0.5) is 5.00 Å². The van der Waals surface area contributed by atoms with Gasteiger partial charge in [-0.2, -0.15) is 5.10 Å². The van der Waals surface area contributed by atoms with Crippen molar-refractivity contribution in [3.63, 3.8) is 0 Å². The molecule has 0 bridgehead atoms. The lowest BCUT2D eigenvalue weighted by molar-refractivity contribution is -0.136. The molecule has 0 aliphatic heterocycles. The Morgan fingerprint density at radius 2 is 1.90 bits per heavy atom. The van der Waals surface area contributed by atoms with Gasteiger partial charge >= 0.3 is 17.8 Å². The number of aryl methyl sites for hydroxylation is 1. The first-order valence-electron chi connectivity index (χ1n) is 9.07. The third-order valence-corrected chi connectivity index (χ3v) is 5.76. The third kappa shape index (κ3) is 4.43. The number of nitrogens with zero attached hydrogens (tertiary/aromatic N) is 1. The molecule has 1 aromatic carbocycles. The molecule has 158 valence electrons. The number of hydrogen-bond acceptors (Lipinski definition) is 8. The first-order chi connectivity index (χ1) is 14.5. The van der Waals surface area contributed by atoms with Crippen molar-refractivity contribution in [3.05, 3.63) is 39.8 Å². The van der Waals surface area contributed by atoms with Gasteiger partial charge in [0, 0.05) is 10.4 Å². The van der Waals surface area contributed by atoms with Crippen molar-refractivity contribution in [2.24, 2.45) is 5.10 Å². The van der Waals surface area contributed by atoms with Crippen LogP contribution in [0.2, 0.25) is 0 Å². The molecule has 0 unspecified atom stereocenters. The number of benzene rings is 1. The van der Waals surface area contributed by atoms with Crippen molar-refractivity contribution < 1.29 is 28.6 Å². The van der Waals surface area contributed by atoms with E-state index in [1.54, 1.807) is 18.2 Å². The summed E-state index contributed by atoms with van der Waals surface area (Å²) in [7, 11) is 4.31. The Bertz CT molecular complexity index is 1010. The van der Waals surface area contributed by atoms with Crippen LogP contribution in [0, 0.1) is 0 Å². The van der Waals surface area contributed by atoms with E-state index in [0.717, 1.165) is 29.7 Å². The number of ether oxygens (including phenoxy) is 3. The molecule has 2 N–H and O–H groups in total. The van der Waals surface area contributed by atoms with E-state index in [4.69, 9.17) is 14.2 Å². The van der Waals surface area contributed by atoms with Gasteiger partial charge in [-0.15, -0.1) is 11.3 Å². The normalized spacial score (nSPS) is 12.4. The number of esters is 1. The summed E-state index contributed by atoms with van der Waals surface area (Å²) in [4.78, 5) is 37.6. The van der Waals surface area contributed by atoms with E-state index in [1.807, 2.05) is 0 Å². The van der Waals surface area contributed by atoms with Gasteiger partial charge in [0.2, 0.25) is 0 Å². The minimum absolute atomic E-state index is 0.310. The lowest BCUT2D eigenvalue weighted by atomic mass is 10.1. The molecule has 30 heavy (non-hydrogen) atoms. The first-order valence-corrected chi connectivity index (χ1v) is 9.89. The summed E-state index contributed by atoms with van der Waals surface area (Å²) in [5.74, 6) is -1.34. The van der Waals surface area contributed by atoms with Gasteiger partial charge < -0.3 is 19.5 Å². The zero-order valence-corrected chi connectivity index (χ0v) is 17.6. The number of fused-ring (bicyclic) bond motifs is 1. The second-order valence-electron chi connectivity index (χ2n) is 6.31. The van der Waals surface area contributed by atoms with Crippen molar-refractivity contribution in [2.75, 3.05) is 26.6 Å². The van der Waals surface area contributed by atoms with Gasteiger partial charge in [-0.05, 0) is 43.0 Å². The summed E-state index contributed by atoms with van der Waals surface area (Å²) in [5, 5.41) is 6.61. The van der Waals surface area contributed by atoms with Gasteiger partial charge in [0.1, 0.15) is 16.5 Å². The monoisotopic (exact) mass is 431 g/mol. The maximum atomic E-state index is 12.3. The average molecular weight is 431 g/mol. The number of carbonyl (C=O) groups excluding carboxylic acids is 3. The lowest BCUT2D eigenvalue weighted by Crippen LogP contribution is -2.32. The van der Waals surface area contributed by atoms with Gasteiger partial charge in [0.15, 0.2) is 0 Å². The number of amides is 2. The minimum atomic E-state index is -0.975. The van der Waals surface area contributed by atoms with E-state index in [0.29, 0.717) is 27.6 Å². The number of hydrazone groups is 1. The number of thiophene rings is 1. The van der Waals surface area contributed by atoms with Crippen LogP contribution in [-0.4, -0.2) is 45.3 Å². The van der Waals surface area contributed by atoms with E-state index >= 15 is 0 Å². The smallest absolute Gasteiger partial charge is 0.341 e. The molecule has 1 aromatic heterocycles. The molecule has 0 atom stereocenters. The molecule has 0 radical (unpaired) electrons. The average Bonchev–Trinajstić information content (AvgIpc) is 3.33. The SMILES string of the molecule is COC(=O)c1c(NC(=O)C(=O)N/N=C\c2cc(OC)ccc2OC)sc2c1CCC2. The van der Waals surface area contributed by atoms with Crippen LogP contribution in [-0.2, 0) is 27.2 Å². The second kappa shape index (κ2) is 9.40. The van der Waals surface area contributed by atoms with Crippen molar-refractivity contribution in [2.45, 2.75) is 19.3 Å². The molecular weight excluding hydrogens is 410 g/mol. The minimum Gasteiger partial charge on any atom is -0.497 e. The summed E-state index contributed by atoms with van der Waals surface area (Å²) in [6, 6.07) is 5.09. The van der Waals surface area contributed by atoms with Crippen LogP contribution in [0.15, 0.2) is 23.3 Å². The summed E-state index contributed by atoms with van der Waals surface area (Å²) in [6.07, 6.45) is 3.86. The van der Waals surface area contributed by atoms with Gasteiger partial charge in [0.25, 0.3) is 0 Å². The highest BCUT2D eigenvalue weighted by molar-refractivity contribution is 7.17. The molecule has 0 saturated carbocycles. The van der Waals surface area contributed by atoms with Gasteiger partial charge in [-0.25, -0.2) is 10.2 Å². The highest BCUT2D eigenvalue weighted by atomic mass is 32.1.